The van der Waals surface area contributed by atoms with Gasteiger partial charge >= 0.3 is 0 Å². The minimum absolute atomic E-state index is 0.206. The second kappa shape index (κ2) is 7.73. The van der Waals surface area contributed by atoms with Crippen LogP contribution in [-0.4, -0.2) is 39.0 Å². The van der Waals surface area contributed by atoms with Crippen molar-refractivity contribution in [3.05, 3.63) is 29.8 Å². The van der Waals surface area contributed by atoms with Gasteiger partial charge in [0.15, 0.2) is 0 Å². The lowest BCUT2D eigenvalue weighted by Crippen LogP contribution is -2.39. The van der Waals surface area contributed by atoms with Gasteiger partial charge in [0, 0.05) is 12.6 Å². The van der Waals surface area contributed by atoms with Gasteiger partial charge in [-0.2, -0.15) is 5.26 Å². The lowest BCUT2D eigenvalue weighted by atomic mass is 10.0. The Morgan fingerprint density at radius 2 is 2.05 bits per heavy atom. The molecule has 1 aromatic rings. The van der Waals surface area contributed by atoms with Gasteiger partial charge in [0.05, 0.1) is 16.5 Å². The third-order valence-corrected chi connectivity index (χ3v) is 5.63. The van der Waals surface area contributed by atoms with Crippen LogP contribution in [0.4, 0.5) is 0 Å². The molecule has 1 saturated heterocycles. The summed E-state index contributed by atoms with van der Waals surface area (Å²) in [7, 11) is -3.48. The second-order valence-corrected chi connectivity index (χ2v) is 7.54. The molecule has 1 aliphatic rings. The number of rotatable bonds is 6. The Balaban J connectivity index is 1.81. The van der Waals surface area contributed by atoms with E-state index in [9.17, 15) is 8.42 Å². The molecule has 5 nitrogen and oxygen atoms in total. The lowest BCUT2D eigenvalue weighted by Gasteiger charge is -2.33. The molecule has 0 amide bonds. The van der Waals surface area contributed by atoms with Crippen LogP contribution in [0.5, 0.6) is 0 Å². The van der Waals surface area contributed by atoms with E-state index in [1.807, 2.05) is 6.07 Å². The van der Waals surface area contributed by atoms with Crippen LogP contribution in [0, 0.1) is 11.3 Å². The molecule has 0 aliphatic carbocycles. The largest absolute Gasteiger partial charge is 0.301 e. The van der Waals surface area contributed by atoms with Crippen molar-refractivity contribution in [2.75, 3.05) is 19.6 Å². The molecule has 1 heterocycles. The first-order valence-electron chi connectivity index (χ1n) is 7.77. The van der Waals surface area contributed by atoms with Gasteiger partial charge in [0.25, 0.3) is 0 Å². The molecule has 1 fully saturated rings. The molecular formula is C16H23N3O2S. The summed E-state index contributed by atoms with van der Waals surface area (Å²) in [5.41, 5.74) is 0.457. The van der Waals surface area contributed by atoms with Crippen molar-refractivity contribution >= 4 is 10.0 Å². The quantitative estimate of drug-likeness (QED) is 0.814. The van der Waals surface area contributed by atoms with Gasteiger partial charge in [-0.3, -0.25) is 0 Å². The van der Waals surface area contributed by atoms with Crippen molar-refractivity contribution in [2.45, 2.75) is 43.5 Å². The van der Waals surface area contributed by atoms with Crippen molar-refractivity contribution < 1.29 is 8.42 Å². The molecule has 0 spiro atoms. The highest BCUT2D eigenvalue weighted by atomic mass is 32.2. The summed E-state index contributed by atoms with van der Waals surface area (Å²) in [6.45, 7) is 4.71. The van der Waals surface area contributed by atoms with Crippen LogP contribution in [0.3, 0.4) is 0 Å². The molecule has 1 aromatic carbocycles. The minimum Gasteiger partial charge on any atom is -0.301 e. The summed E-state index contributed by atoms with van der Waals surface area (Å²) >= 11 is 0. The molecule has 1 aliphatic heterocycles. The Morgan fingerprint density at radius 1 is 1.32 bits per heavy atom. The van der Waals surface area contributed by atoms with Gasteiger partial charge in [-0.1, -0.05) is 6.42 Å². The third kappa shape index (κ3) is 4.54. The summed E-state index contributed by atoms with van der Waals surface area (Å²) in [5.74, 6) is 0. The predicted octanol–water partition coefficient (Wildman–Crippen LogP) is 2.10. The molecule has 22 heavy (non-hydrogen) atoms. The van der Waals surface area contributed by atoms with E-state index in [1.165, 1.54) is 43.5 Å². The van der Waals surface area contributed by atoms with Crippen LogP contribution >= 0.6 is 0 Å². The third-order valence-electron chi connectivity index (χ3n) is 4.15. The van der Waals surface area contributed by atoms with E-state index in [2.05, 4.69) is 16.5 Å². The van der Waals surface area contributed by atoms with Crippen LogP contribution < -0.4 is 4.72 Å². The van der Waals surface area contributed by atoms with Crippen LogP contribution in [0.2, 0.25) is 0 Å². The van der Waals surface area contributed by atoms with E-state index in [4.69, 9.17) is 5.26 Å². The van der Waals surface area contributed by atoms with Crippen LogP contribution in [0.25, 0.3) is 0 Å². The fourth-order valence-electron chi connectivity index (χ4n) is 2.77. The highest BCUT2D eigenvalue weighted by Gasteiger charge is 2.18. The smallest absolute Gasteiger partial charge is 0.240 e. The molecule has 6 heteroatoms. The van der Waals surface area contributed by atoms with E-state index >= 15 is 0 Å². The van der Waals surface area contributed by atoms with Crippen LogP contribution in [0.1, 0.15) is 38.2 Å². The number of nitrogens with zero attached hydrogens (tertiary/aromatic N) is 2. The average Bonchev–Trinajstić information content (AvgIpc) is 2.53. The molecule has 1 N–H and O–H groups in total. The predicted molar refractivity (Wildman–Crippen MR) is 85.8 cm³/mol. The number of nitrogens with one attached hydrogen (secondary N) is 1. The van der Waals surface area contributed by atoms with E-state index in [-0.39, 0.29) is 4.90 Å². The van der Waals surface area contributed by atoms with Crippen LogP contribution in [0.15, 0.2) is 29.2 Å². The molecule has 1 atom stereocenters. The number of likely N-dealkylation sites (tertiary alicyclic amines) is 1. The summed E-state index contributed by atoms with van der Waals surface area (Å²) in [5, 5.41) is 8.73. The molecule has 0 saturated carbocycles. The van der Waals surface area contributed by atoms with Crippen molar-refractivity contribution in [2.24, 2.45) is 0 Å². The number of piperidine rings is 1. The minimum atomic E-state index is -3.48. The number of hydrogen-bond acceptors (Lipinski definition) is 4. The normalized spacial score (nSPS) is 19.7. The van der Waals surface area contributed by atoms with Crippen LogP contribution in [-0.2, 0) is 10.0 Å². The van der Waals surface area contributed by atoms with E-state index in [1.54, 1.807) is 0 Å². The second-order valence-electron chi connectivity index (χ2n) is 5.77. The molecule has 0 radical (unpaired) electrons. The van der Waals surface area contributed by atoms with Crippen molar-refractivity contribution in [3.63, 3.8) is 0 Å². The van der Waals surface area contributed by atoms with Gasteiger partial charge < -0.3 is 4.90 Å². The fourth-order valence-corrected chi connectivity index (χ4v) is 3.84. The van der Waals surface area contributed by atoms with Gasteiger partial charge in [0.2, 0.25) is 10.0 Å². The van der Waals surface area contributed by atoms with Gasteiger partial charge in [-0.15, -0.1) is 0 Å². The summed E-state index contributed by atoms with van der Waals surface area (Å²) in [6, 6.07) is 8.55. The summed E-state index contributed by atoms with van der Waals surface area (Å²) in [6.07, 6.45) is 4.57. The maximum absolute atomic E-state index is 12.1. The van der Waals surface area contributed by atoms with Gasteiger partial charge in [0.1, 0.15) is 0 Å². The van der Waals surface area contributed by atoms with E-state index in [0.717, 1.165) is 19.5 Å². The fraction of sp³-hybridized carbons (Fsp3) is 0.562. The monoisotopic (exact) mass is 321 g/mol. The van der Waals surface area contributed by atoms with Crippen molar-refractivity contribution in [3.8, 4) is 6.07 Å². The zero-order chi connectivity index (χ0) is 16.0. The zero-order valence-electron chi connectivity index (χ0n) is 13.0. The van der Waals surface area contributed by atoms with E-state index in [0.29, 0.717) is 18.2 Å². The number of nitriles is 1. The first kappa shape index (κ1) is 16.9. The number of sulfonamides is 1. The first-order chi connectivity index (χ1) is 10.5. The highest BCUT2D eigenvalue weighted by Crippen LogP contribution is 2.16. The summed E-state index contributed by atoms with van der Waals surface area (Å²) in [4.78, 5) is 2.64. The van der Waals surface area contributed by atoms with Crippen molar-refractivity contribution in [1.82, 2.24) is 9.62 Å². The molecule has 1 unspecified atom stereocenters. The first-order valence-corrected chi connectivity index (χ1v) is 9.25. The SMILES string of the molecule is CC1CCCCN1CCCNS(=O)(=O)c1ccc(C#N)cc1. The standard InChI is InChI=1S/C16H23N3O2S/c1-14-5-2-3-11-19(14)12-4-10-18-22(20,21)16-8-6-15(13-17)7-9-16/h6-9,14,18H,2-5,10-12H2,1H3. The Kier molecular flexibility index (Phi) is 5.95. The van der Waals surface area contributed by atoms with Crippen molar-refractivity contribution in [1.29, 1.82) is 5.26 Å². The maximum Gasteiger partial charge on any atom is 0.240 e. The number of benzene rings is 1. The lowest BCUT2D eigenvalue weighted by molar-refractivity contribution is 0.159. The topological polar surface area (TPSA) is 73.2 Å². The highest BCUT2D eigenvalue weighted by molar-refractivity contribution is 7.89. The molecular weight excluding hydrogens is 298 g/mol. The Labute approximate surface area is 133 Å². The Hall–Kier alpha value is -1.42. The summed E-state index contributed by atoms with van der Waals surface area (Å²) < 4.78 is 26.9. The average molecular weight is 321 g/mol. The molecule has 120 valence electrons. The zero-order valence-corrected chi connectivity index (χ0v) is 13.8. The molecule has 0 bridgehead atoms. The van der Waals surface area contributed by atoms with Gasteiger partial charge in [-0.05, 0) is 63.5 Å². The molecule has 2 rings (SSSR count). The van der Waals surface area contributed by atoms with E-state index < -0.39 is 10.0 Å². The Bertz CT molecular complexity index is 620. The molecule has 0 aromatic heterocycles. The number of hydrogen-bond donors (Lipinski definition) is 1. The maximum atomic E-state index is 12.1. The Morgan fingerprint density at radius 3 is 2.68 bits per heavy atom. The van der Waals surface area contributed by atoms with Gasteiger partial charge in [-0.25, -0.2) is 13.1 Å².